The van der Waals surface area contributed by atoms with E-state index in [4.69, 9.17) is 77.3 Å². The van der Waals surface area contributed by atoms with Crippen LogP contribution in [0.4, 0.5) is 10.5 Å². The number of nitrogens with two attached hydrogens (primary N) is 2. The molecule has 6 aromatic rings. The molecule has 15 bridgehead atoms. The van der Waals surface area contributed by atoms with E-state index < -0.39 is 238 Å². The van der Waals surface area contributed by atoms with Crippen molar-refractivity contribution < 1.29 is 127 Å². The van der Waals surface area contributed by atoms with Crippen LogP contribution < -0.4 is 98.4 Å². The summed E-state index contributed by atoms with van der Waals surface area (Å²) in [7, 11) is 1.48. The SMILES string of the molecule is CCNCCOc1ccc(NC(=O)Oc2cc(O)c3c(c2)[C@@H](C(=O)NC2C4CC5CC(C4)CC2C5)NC(=O)[C@H]2NC(=O)[C@H](NC(=O)[C@@H]4NC(=O)[C@H](CC(N)=O)NC(=O)[C@H](NC(=O)[C@@H](CC(C)C)NC)[C@H](O)c5ccc(c(Cl)c5)Oc5cc4cc(c5O[C@@H]4O[C@H](CO)[C@@H](O)[C@H](O)[C@H]4O[C@H]4C[C@](C)(N)[C@H](O)[C@H](C)O4)Oc4ccc(cc4Cl)[C@H]2O)c2ccc(O)c-3c2)cc1OCCNCC. The van der Waals surface area contributed by atoms with Gasteiger partial charge in [0, 0.05) is 60.0 Å². The average molecular weight is 1880 g/mol. The molecule has 0 unspecified atom stereocenters. The second kappa shape index (κ2) is 41.7. The molecule has 23 N–H and O–H groups in total. The summed E-state index contributed by atoms with van der Waals surface area (Å²) < 4.78 is 57.2. The van der Waals surface area contributed by atoms with Crippen LogP contribution in [0.3, 0.4) is 0 Å². The number of hydrogen-bond donors (Lipinski definition) is 21. The molecule has 0 aromatic heterocycles. The van der Waals surface area contributed by atoms with E-state index in [9.17, 15) is 55.2 Å². The Balaban J connectivity index is 0.944. The first kappa shape index (κ1) is 97.0. The topological polar surface area (TPSA) is 583 Å². The molecule has 6 fully saturated rings. The number of carbonyl (C=O) groups excluding carboxylic acids is 9. The van der Waals surface area contributed by atoms with Crippen LogP contribution in [0, 0.1) is 29.6 Å². The van der Waals surface area contributed by atoms with Crippen LogP contribution in [0.5, 0.6) is 57.5 Å². The zero-order valence-corrected chi connectivity index (χ0v) is 75.0. The second-order valence-corrected chi connectivity index (χ2v) is 36.2. The highest BCUT2D eigenvalue weighted by atomic mass is 35.5. The van der Waals surface area contributed by atoms with Crippen LogP contribution in [0.15, 0.2) is 97.1 Å². The van der Waals surface area contributed by atoms with Crippen molar-refractivity contribution in [2.45, 2.75) is 208 Å². The van der Waals surface area contributed by atoms with Crippen molar-refractivity contribution >= 4 is 82.2 Å². The van der Waals surface area contributed by atoms with Crippen molar-refractivity contribution in [3.63, 3.8) is 0 Å². The average Bonchev–Trinajstić information content (AvgIpc) is 0.753. The van der Waals surface area contributed by atoms with Gasteiger partial charge in [0.05, 0.1) is 41.3 Å². The molecule has 2 saturated heterocycles. The summed E-state index contributed by atoms with van der Waals surface area (Å²) in [5.74, 6) is -13.0. The normalized spacial score (nSPS) is 29.3. The Hall–Kier alpha value is -11.0. The van der Waals surface area contributed by atoms with Gasteiger partial charge < -0.3 is 148 Å². The Morgan fingerprint density at radius 1 is 0.652 bits per heavy atom. The van der Waals surface area contributed by atoms with Crippen LogP contribution in [0.1, 0.15) is 151 Å². The predicted octanol–water partition coefficient (Wildman–Crippen LogP) is 3.84. The Morgan fingerprint density at radius 2 is 1.27 bits per heavy atom. The fraction of sp³-hybridized carbons (Fsp3) is 0.505. The lowest BCUT2D eigenvalue weighted by atomic mass is 9.54. The zero-order valence-electron chi connectivity index (χ0n) is 73.5. The smallest absolute Gasteiger partial charge is 0.417 e. The number of aliphatic hydroxyl groups is 6. The molecular weight excluding hydrogens is 1760 g/mol. The third kappa shape index (κ3) is 21.8. The fourth-order valence-corrected chi connectivity index (χ4v) is 19.3. The summed E-state index contributed by atoms with van der Waals surface area (Å²) >= 11 is 14.5. The van der Waals surface area contributed by atoms with Crippen molar-refractivity contribution in [2.75, 3.05) is 58.4 Å². The fourth-order valence-electron chi connectivity index (χ4n) is 18.8. The van der Waals surface area contributed by atoms with Gasteiger partial charge in [-0.2, -0.15) is 0 Å². The van der Waals surface area contributed by atoms with E-state index in [-0.39, 0.29) is 94.0 Å². The van der Waals surface area contributed by atoms with Crippen molar-refractivity contribution in [2.24, 2.45) is 41.1 Å². The molecule has 132 heavy (non-hydrogen) atoms. The Morgan fingerprint density at radius 3 is 1.87 bits per heavy atom. The number of rotatable bonds is 26. The van der Waals surface area contributed by atoms with E-state index in [2.05, 4.69) is 58.5 Å². The summed E-state index contributed by atoms with van der Waals surface area (Å²) in [6.07, 6.45) is -15.7. The number of aromatic hydroxyl groups is 2. The minimum absolute atomic E-state index is 0.00250. The zero-order chi connectivity index (χ0) is 94.6. The number of hydrogen-bond acceptors (Lipinski definition) is 30. The van der Waals surface area contributed by atoms with Gasteiger partial charge in [-0.3, -0.25) is 43.7 Å². The number of anilines is 1. The number of carbonyl (C=O) groups is 9. The molecule has 7 heterocycles. The highest BCUT2D eigenvalue weighted by Crippen LogP contribution is 2.55. The first-order valence-corrected chi connectivity index (χ1v) is 44.9. The Labute approximate surface area is 769 Å². The summed E-state index contributed by atoms with van der Waals surface area (Å²) in [6, 6.07) is 4.73. The number of aliphatic hydroxyl groups excluding tert-OH is 6. The lowest BCUT2D eigenvalue weighted by Crippen LogP contribution is -2.64. The highest BCUT2D eigenvalue weighted by Gasteiger charge is 2.53. The van der Waals surface area contributed by atoms with E-state index in [0.717, 1.165) is 80.6 Å². The number of halogens is 2. The molecular formula is C91H113Cl2N13O26. The minimum atomic E-state index is -2.38. The van der Waals surface area contributed by atoms with E-state index >= 15 is 28.8 Å². The standard InChI is InChI=1S/C91H113Cl2N13O26/c1-8-97-18-20-124-61-17-13-49(33-62(61)125-21-19-98-9-2)99-90(123)127-50-34-52-68(58(109)35-50)51-28-43(10-14-57(51)108)70-84(118)106-74(88(122)104-72(52)86(120)101-69-46-24-41-23-42(26-46)27-47(69)25-41)76(112)45-12-16-60(54(93)30-45)129-64-32-48-31-63(79(64)132-89-80(78(114)77(113)65(38-107)130-89)131-67-37-91(6,95)81(115)40(5)126-67)128-59-15-11-44(29-53(59)92)75(111)73(105-82(116)55(96-7)22-39(3)4)87(121)100-56(36-66(94)110)83(117)102-71(48)85(119)103-70/h10-17,28-35,39-42,46-47,55-56,65,67,69-78,80-81,89,96-98,107-109,111-115H,8-9,18-27,36-38,95H2,1-7H3,(H2,94,110)(H,99,123)(H,100,121)(H,101,120)(H,102,117)(H,103,119)(H,104,122)(H,105,116)(H,106,118)/t40-,41?,42?,46?,47?,55+,56-,65+,67-,69?,70+,71+,72-,73+,74-,75+,76+,77+,78-,80+,81+,89-,91-/m0/s1. The minimum Gasteiger partial charge on any atom is -0.507 e. The van der Waals surface area contributed by atoms with Crippen LogP contribution in [-0.4, -0.2) is 232 Å². The van der Waals surface area contributed by atoms with Crippen molar-refractivity contribution in [1.29, 1.82) is 0 Å². The lowest BCUT2D eigenvalue weighted by Gasteiger charge is -2.54. The number of phenolic OH excluding ortho intramolecular Hbond substituents is 2. The van der Waals surface area contributed by atoms with Crippen LogP contribution in [-0.2, 0) is 52.6 Å². The predicted molar refractivity (Wildman–Crippen MR) is 473 cm³/mol. The second-order valence-electron chi connectivity index (χ2n) is 35.4. The number of amides is 9. The van der Waals surface area contributed by atoms with Gasteiger partial charge in [-0.15, -0.1) is 0 Å². The van der Waals surface area contributed by atoms with Gasteiger partial charge in [0.1, 0.15) is 109 Å². The molecule has 6 aromatic carbocycles. The largest absolute Gasteiger partial charge is 0.507 e. The number of primary amides is 1. The Kier molecular flexibility index (Phi) is 30.6. The van der Waals surface area contributed by atoms with Crippen molar-refractivity contribution in [3.8, 4) is 68.6 Å². The molecule has 17 rings (SSSR count). The van der Waals surface area contributed by atoms with Gasteiger partial charge in [-0.1, -0.05) is 69.1 Å². The quantitative estimate of drug-likeness (QED) is 0.0343. The van der Waals surface area contributed by atoms with E-state index in [1.807, 2.05) is 27.7 Å². The third-order valence-corrected chi connectivity index (χ3v) is 25.9. The van der Waals surface area contributed by atoms with Gasteiger partial charge in [0.25, 0.3) is 0 Å². The van der Waals surface area contributed by atoms with E-state index in [1.54, 1.807) is 6.07 Å². The molecule has 4 aliphatic carbocycles. The maximum atomic E-state index is 16.6. The molecule has 9 amide bonds. The number of benzene rings is 6. The third-order valence-electron chi connectivity index (χ3n) is 25.3. The number of nitrogens with one attached hydrogen (secondary N) is 11. The summed E-state index contributed by atoms with van der Waals surface area (Å²) in [5, 5.41) is 126. The molecule has 712 valence electrons. The lowest BCUT2D eigenvalue weighted by molar-refractivity contribution is -0.333. The maximum Gasteiger partial charge on any atom is 0.417 e. The van der Waals surface area contributed by atoms with Crippen molar-refractivity contribution in [1.82, 2.24) is 53.2 Å². The number of ether oxygens (including phenoxy) is 9. The van der Waals surface area contributed by atoms with Gasteiger partial charge in [0.15, 0.2) is 35.4 Å². The Bertz CT molecular complexity index is 5280. The van der Waals surface area contributed by atoms with E-state index in [1.165, 1.54) is 63.4 Å². The summed E-state index contributed by atoms with van der Waals surface area (Å²) in [4.78, 5) is 138. The molecule has 41 heteroatoms. The van der Waals surface area contributed by atoms with Gasteiger partial charge in [0.2, 0.25) is 59.3 Å². The van der Waals surface area contributed by atoms with Crippen molar-refractivity contribution in [3.05, 3.63) is 135 Å². The first-order chi connectivity index (χ1) is 63.0. The van der Waals surface area contributed by atoms with Gasteiger partial charge in [-0.05, 0) is 197 Å². The molecule has 7 aliphatic heterocycles. The van der Waals surface area contributed by atoms with Crippen LogP contribution >= 0.6 is 23.2 Å². The highest BCUT2D eigenvalue weighted by molar-refractivity contribution is 6.32. The van der Waals surface area contributed by atoms with Gasteiger partial charge in [-0.25, -0.2) is 4.79 Å². The molecule has 0 spiro atoms. The molecule has 39 nitrogen and oxygen atoms in total. The number of fused-ring (bicyclic) bond motifs is 15. The first-order valence-electron chi connectivity index (χ1n) is 44.1. The molecule has 0 radical (unpaired) electrons. The van der Waals surface area contributed by atoms with Crippen LogP contribution in [0.2, 0.25) is 10.0 Å². The monoisotopic (exact) mass is 1870 g/mol. The van der Waals surface area contributed by atoms with Gasteiger partial charge >= 0.3 is 6.09 Å². The molecule has 18 atom stereocenters. The number of phenols is 2. The van der Waals surface area contributed by atoms with E-state index in [0.29, 0.717) is 43.8 Å². The molecule has 11 aliphatic rings. The maximum absolute atomic E-state index is 16.6. The summed E-state index contributed by atoms with van der Waals surface area (Å²) in [6.45, 7) is 12.4. The summed E-state index contributed by atoms with van der Waals surface area (Å²) in [5.41, 5.74) is 8.82. The van der Waals surface area contributed by atoms with Crippen LogP contribution in [0.25, 0.3) is 11.1 Å². The number of likely N-dealkylation sites (N-methyl/N-ethyl adjacent to an activating group) is 3. The molecule has 4 saturated carbocycles.